The maximum absolute atomic E-state index is 12.1. The normalized spacial score (nSPS) is 10.5. The van der Waals surface area contributed by atoms with Gasteiger partial charge in [-0.25, -0.2) is 0 Å². The Kier molecular flexibility index (Phi) is 5.53. The summed E-state index contributed by atoms with van der Waals surface area (Å²) in [6.07, 6.45) is 1.66. The standard InChI is InChI=1S/C20H19NO5/c1-24-16-7-8-17-15(13-25-18(17)10-16)9-19(22)21-11-20(23)26-12-14-5-3-2-4-6-14/h2-8,10,13H,9,11-12H2,1H3,(H,21,22). The molecule has 1 amide bonds. The van der Waals surface area contributed by atoms with Crippen molar-refractivity contribution in [2.24, 2.45) is 0 Å². The third kappa shape index (κ3) is 4.42. The first kappa shape index (κ1) is 17.5. The Bertz CT molecular complexity index is 901. The third-order valence-electron chi connectivity index (χ3n) is 3.89. The van der Waals surface area contributed by atoms with Gasteiger partial charge >= 0.3 is 5.97 Å². The van der Waals surface area contributed by atoms with Crippen molar-refractivity contribution in [3.8, 4) is 5.75 Å². The van der Waals surface area contributed by atoms with Crippen molar-refractivity contribution in [3.05, 3.63) is 65.9 Å². The van der Waals surface area contributed by atoms with E-state index >= 15 is 0 Å². The number of nitrogens with one attached hydrogen (secondary N) is 1. The Morgan fingerprint density at radius 1 is 1.12 bits per heavy atom. The predicted octanol–water partition coefficient (Wildman–Crippen LogP) is 2.84. The molecule has 0 radical (unpaired) electrons. The Balaban J connectivity index is 1.49. The molecule has 0 aliphatic carbocycles. The molecular weight excluding hydrogens is 334 g/mol. The number of carbonyl (C=O) groups excluding carboxylic acids is 2. The molecule has 0 saturated carbocycles. The molecule has 1 heterocycles. The van der Waals surface area contributed by atoms with Crippen LogP contribution >= 0.6 is 0 Å². The molecule has 3 rings (SSSR count). The zero-order chi connectivity index (χ0) is 18.4. The molecule has 0 bridgehead atoms. The minimum Gasteiger partial charge on any atom is -0.497 e. The summed E-state index contributed by atoms with van der Waals surface area (Å²) in [5.74, 6) is -0.0758. The molecule has 134 valence electrons. The molecule has 0 saturated heterocycles. The molecule has 0 aliphatic rings. The highest BCUT2D eigenvalue weighted by molar-refractivity contribution is 5.89. The highest BCUT2D eigenvalue weighted by Gasteiger charge is 2.12. The zero-order valence-electron chi connectivity index (χ0n) is 14.4. The predicted molar refractivity (Wildman–Crippen MR) is 95.7 cm³/mol. The molecule has 3 aromatic rings. The van der Waals surface area contributed by atoms with E-state index in [4.69, 9.17) is 13.9 Å². The lowest BCUT2D eigenvalue weighted by Gasteiger charge is -2.06. The van der Waals surface area contributed by atoms with Gasteiger partial charge in [-0.3, -0.25) is 9.59 Å². The van der Waals surface area contributed by atoms with E-state index in [2.05, 4.69) is 5.32 Å². The van der Waals surface area contributed by atoms with Crippen LogP contribution in [0.1, 0.15) is 11.1 Å². The van der Waals surface area contributed by atoms with Gasteiger partial charge < -0.3 is 19.2 Å². The van der Waals surface area contributed by atoms with Gasteiger partial charge in [0, 0.05) is 17.0 Å². The summed E-state index contributed by atoms with van der Waals surface area (Å²) in [6.45, 7) is 0.0129. The van der Waals surface area contributed by atoms with Crippen molar-refractivity contribution in [2.45, 2.75) is 13.0 Å². The largest absolute Gasteiger partial charge is 0.497 e. The van der Waals surface area contributed by atoms with Crippen LogP contribution in [0.2, 0.25) is 0 Å². The van der Waals surface area contributed by atoms with Gasteiger partial charge in [-0.1, -0.05) is 30.3 Å². The van der Waals surface area contributed by atoms with Crippen molar-refractivity contribution < 1.29 is 23.5 Å². The lowest BCUT2D eigenvalue weighted by molar-refractivity contribution is -0.145. The number of benzene rings is 2. The number of fused-ring (bicyclic) bond motifs is 1. The number of hydrogen-bond donors (Lipinski definition) is 1. The molecule has 6 nitrogen and oxygen atoms in total. The smallest absolute Gasteiger partial charge is 0.325 e. The summed E-state index contributed by atoms with van der Waals surface area (Å²) in [4.78, 5) is 23.8. The highest BCUT2D eigenvalue weighted by Crippen LogP contribution is 2.25. The molecule has 1 N–H and O–H groups in total. The van der Waals surface area contributed by atoms with Crippen molar-refractivity contribution in [2.75, 3.05) is 13.7 Å². The zero-order valence-corrected chi connectivity index (χ0v) is 14.4. The molecule has 26 heavy (non-hydrogen) atoms. The summed E-state index contributed by atoms with van der Waals surface area (Å²) in [7, 11) is 1.58. The maximum Gasteiger partial charge on any atom is 0.325 e. The Labute approximate surface area is 150 Å². The van der Waals surface area contributed by atoms with E-state index in [1.165, 1.54) is 6.26 Å². The first-order valence-electron chi connectivity index (χ1n) is 8.16. The molecule has 6 heteroatoms. The van der Waals surface area contributed by atoms with Gasteiger partial charge in [0.25, 0.3) is 0 Å². The summed E-state index contributed by atoms with van der Waals surface area (Å²) in [5, 5.41) is 3.40. The Morgan fingerprint density at radius 3 is 2.69 bits per heavy atom. The van der Waals surface area contributed by atoms with Crippen LogP contribution in [0.25, 0.3) is 11.0 Å². The molecular formula is C20H19NO5. The van der Waals surface area contributed by atoms with Crippen LogP contribution in [0.3, 0.4) is 0 Å². The van der Waals surface area contributed by atoms with E-state index in [-0.39, 0.29) is 25.5 Å². The van der Waals surface area contributed by atoms with Crippen molar-refractivity contribution in [1.29, 1.82) is 0 Å². The minimum absolute atomic E-state index is 0.116. The lowest BCUT2D eigenvalue weighted by atomic mass is 10.1. The molecule has 0 atom stereocenters. The molecule has 0 spiro atoms. The molecule has 1 aromatic heterocycles. The Morgan fingerprint density at radius 2 is 1.92 bits per heavy atom. The van der Waals surface area contributed by atoms with Crippen LogP contribution < -0.4 is 10.1 Å². The molecule has 0 aliphatic heterocycles. The molecule has 0 unspecified atom stereocenters. The number of rotatable bonds is 7. The first-order valence-corrected chi connectivity index (χ1v) is 8.16. The van der Waals surface area contributed by atoms with Crippen LogP contribution in [-0.2, 0) is 27.4 Å². The number of carbonyl (C=O) groups is 2. The second-order valence-corrected chi connectivity index (χ2v) is 5.72. The second-order valence-electron chi connectivity index (χ2n) is 5.72. The van der Waals surface area contributed by atoms with E-state index in [9.17, 15) is 9.59 Å². The minimum atomic E-state index is -0.482. The fourth-order valence-corrected chi connectivity index (χ4v) is 2.52. The quantitative estimate of drug-likeness (QED) is 0.661. The van der Waals surface area contributed by atoms with Gasteiger partial charge in [-0.05, 0) is 17.7 Å². The third-order valence-corrected chi connectivity index (χ3v) is 3.89. The first-order chi connectivity index (χ1) is 12.7. The lowest BCUT2D eigenvalue weighted by Crippen LogP contribution is -2.31. The second kappa shape index (κ2) is 8.20. The van der Waals surface area contributed by atoms with Crippen LogP contribution in [0.15, 0.2) is 59.2 Å². The van der Waals surface area contributed by atoms with Gasteiger partial charge in [0.1, 0.15) is 24.5 Å². The summed E-state index contributed by atoms with van der Waals surface area (Å²) < 4.78 is 15.7. The number of furan rings is 1. The number of methoxy groups -OCH3 is 1. The summed E-state index contributed by atoms with van der Waals surface area (Å²) >= 11 is 0. The van der Waals surface area contributed by atoms with E-state index in [0.717, 1.165) is 16.5 Å². The van der Waals surface area contributed by atoms with Gasteiger partial charge in [0.2, 0.25) is 5.91 Å². The number of amides is 1. The van der Waals surface area contributed by atoms with Crippen molar-refractivity contribution >= 4 is 22.8 Å². The van der Waals surface area contributed by atoms with Gasteiger partial charge in [0.05, 0.1) is 19.8 Å². The topological polar surface area (TPSA) is 77.8 Å². The number of ether oxygens (including phenoxy) is 2. The summed E-state index contributed by atoms with van der Waals surface area (Å²) in [5.41, 5.74) is 2.29. The average Bonchev–Trinajstić information content (AvgIpc) is 3.07. The number of hydrogen-bond acceptors (Lipinski definition) is 5. The van der Waals surface area contributed by atoms with Crippen LogP contribution in [-0.4, -0.2) is 25.5 Å². The maximum atomic E-state index is 12.1. The highest BCUT2D eigenvalue weighted by atomic mass is 16.5. The van der Waals surface area contributed by atoms with E-state index in [1.54, 1.807) is 19.2 Å². The Hall–Kier alpha value is -3.28. The monoisotopic (exact) mass is 353 g/mol. The van der Waals surface area contributed by atoms with E-state index < -0.39 is 5.97 Å². The summed E-state index contributed by atoms with van der Waals surface area (Å²) in [6, 6.07) is 14.8. The number of esters is 1. The van der Waals surface area contributed by atoms with Crippen LogP contribution in [0, 0.1) is 0 Å². The van der Waals surface area contributed by atoms with Gasteiger partial charge in [-0.15, -0.1) is 0 Å². The van der Waals surface area contributed by atoms with E-state index in [0.29, 0.717) is 11.3 Å². The molecule has 2 aromatic carbocycles. The van der Waals surface area contributed by atoms with Gasteiger partial charge in [0.15, 0.2) is 0 Å². The van der Waals surface area contributed by atoms with Crippen LogP contribution in [0.5, 0.6) is 5.75 Å². The fraction of sp³-hybridized carbons (Fsp3) is 0.200. The molecule has 0 fully saturated rings. The fourth-order valence-electron chi connectivity index (χ4n) is 2.52. The average molecular weight is 353 g/mol. The van der Waals surface area contributed by atoms with Crippen LogP contribution in [0.4, 0.5) is 0 Å². The van der Waals surface area contributed by atoms with E-state index in [1.807, 2.05) is 36.4 Å². The van der Waals surface area contributed by atoms with Gasteiger partial charge in [-0.2, -0.15) is 0 Å². The van der Waals surface area contributed by atoms with Crippen molar-refractivity contribution in [3.63, 3.8) is 0 Å². The van der Waals surface area contributed by atoms with Crippen molar-refractivity contribution in [1.82, 2.24) is 5.32 Å². The SMILES string of the molecule is COc1ccc2c(CC(=O)NCC(=O)OCc3ccccc3)coc2c1.